The SMILES string of the molecule is C[n+]1cccc(C(=O)Nc2ccc(I)cc2)c1.[I-]. The Morgan fingerprint density at radius 2 is 1.89 bits per heavy atom. The van der Waals surface area contributed by atoms with E-state index in [0.29, 0.717) is 5.56 Å². The van der Waals surface area contributed by atoms with Gasteiger partial charge in [0.05, 0.1) is 0 Å². The van der Waals surface area contributed by atoms with Crippen LogP contribution >= 0.6 is 22.6 Å². The number of anilines is 1. The molecule has 18 heavy (non-hydrogen) atoms. The van der Waals surface area contributed by atoms with E-state index >= 15 is 0 Å². The van der Waals surface area contributed by atoms with Gasteiger partial charge in [-0.15, -0.1) is 0 Å². The van der Waals surface area contributed by atoms with Crippen LogP contribution in [0.25, 0.3) is 0 Å². The van der Waals surface area contributed by atoms with Crippen LogP contribution in [0.5, 0.6) is 0 Å². The van der Waals surface area contributed by atoms with Crippen molar-refractivity contribution in [3.05, 3.63) is 57.9 Å². The lowest BCUT2D eigenvalue weighted by Gasteiger charge is -2.04. The van der Waals surface area contributed by atoms with Crippen LogP contribution < -0.4 is 33.9 Å². The lowest BCUT2D eigenvalue weighted by Crippen LogP contribution is -3.00. The summed E-state index contributed by atoms with van der Waals surface area (Å²) in [5, 5.41) is 2.86. The number of aromatic nitrogens is 1. The molecule has 0 radical (unpaired) electrons. The molecule has 0 aliphatic heterocycles. The van der Waals surface area contributed by atoms with Gasteiger partial charge < -0.3 is 29.3 Å². The van der Waals surface area contributed by atoms with E-state index in [9.17, 15) is 4.79 Å². The van der Waals surface area contributed by atoms with Gasteiger partial charge in [-0.25, -0.2) is 4.57 Å². The number of benzene rings is 1. The Bertz CT molecular complexity index is 541. The molecular formula is C13H12I2N2O. The molecule has 0 saturated heterocycles. The number of nitrogens with one attached hydrogen (secondary N) is 1. The number of pyridine rings is 1. The van der Waals surface area contributed by atoms with Gasteiger partial charge in [0, 0.05) is 15.3 Å². The topological polar surface area (TPSA) is 33.0 Å². The van der Waals surface area contributed by atoms with Gasteiger partial charge in [0.25, 0.3) is 5.91 Å². The number of hydrogen-bond donors (Lipinski definition) is 1. The van der Waals surface area contributed by atoms with Crippen LogP contribution in [0.4, 0.5) is 5.69 Å². The van der Waals surface area contributed by atoms with E-state index in [2.05, 4.69) is 27.9 Å². The van der Waals surface area contributed by atoms with E-state index in [1.165, 1.54) is 0 Å². The minimum atomic E-state index is -0.0950. The second-order valence-electron chi connectivity index (χ2n) is 3.72. The molecule has 2 rings (SSSR count). The zero-order valence-electron chi connectivity index (χ0n) is 9.73. The third kappa shape index (κ3) is 4.20. The van der Waals surface area contributed by atoms with Crippen molar-refractivity contribution >= 4 is 34.2 Å². The Morgan fingerprint density at radius 3 is 2.50 bits per heavy atom. The van der Waals surface area contributed by atoms with Crippen molar-refractivity contribution in [2.75, 3.05) is 5.32 Å². The highest BCUT2D eigenvalue weighted by Gasteiger charge is 2.08. The monoisotopic (exact) mass is 466 g/mol. The van der Waals surface area contributed by atoms with Crippen LogP contribution in [-0.2, 0) is 7.05 Å². The first kappa shape index (κ1) is 15.4. The highest BCUT2D eigenvalue weighted by molar-refractivity contribution is 14.1. The molecule has 2 aromatic rings. The first-order valence-corrected chi connectivity index (χ1v) is 6.25. The molecule has 1 aromatic carbocycles. The first-order chi connectivity index (χ1) is 8.15. The molecule has 1 aromatic heterocycles. The van der Waals surface area contributed by atoms with Crippen LogP contribution in [0.3, 0.4) is 0 Å². The fourth-order valence-electron chi connectivity index (χ4n) is 1.46. The van der Waals surface area contributed by atoms with Gasteiger partial charge in [0.2, 0.25) is 0 Å². The zero-order valence-corrected chi connectivity index (χ0v) is 14.0. The van der Waals surface area contributed by atoms with Gasteiger partial charge >= 0.3 is 0 Å². The summed E-state index contributed by atoms with van der Waals surface area (Å²) in [5.74, 6) is -0.0950. The van der Waals surface area contributed by atoms with Crippen molar-refractivity contribution in [1.29, 1.82) is 0 Å². The van der Waals surface area contributed by atoms with Crippen LogP contribution in [0, 0.1) is 3.57 Å². The number of carbonyl (C=O) groups excluding carboxylic acids is 1. The van der Waals surface area contributed by atoms with Crippen molar-refractivity contribution in [2.24, 2.45) is 7.05 Å². The summed E-state index contributed by atoms with van der Waals surface area (Å²) in [6.07, 6.45) is 3.68. The number of aryl methyl sites for hydroxylation is 1. The summed E-state index contributed by atoms with van der Waals surface area (Å²) in [6, 6.07) is 11.3. The largest absolute Gasteiger partial charge is 1.00 e. The zero-order chi connectivity index (χ0) is 12.3. The molecule has 0 unspecified atom stereocenters. The molecule has 0 fully saturated rings. The van der Waals surface area contributed by atoms with Gasteiger partial charge in [-0.1, -0.05) is 0 Å². The van der Waals surface area contributed by atoms with Crippen molar-refractivity contribution in [3.8, 4) is 0 Å². The number of nitrogens with zero attached hydrogens (tertiary/aromatic N) is 1. The molecule has 0 atom stereocenters. The van der Waals surface area contributed by atoms with Crippen LogP contribution in [0.2, 0.25) is 0 Å². The van der Waals surface area contributed by atoms with Gasteiger partial charge in [-0.3, -0.25) is 4.79 Å². The van der Waals surface area contributed by atoms with Gasteiger partial charge in [0.1, 0.15) is 12.6 Å². The quantitative estimate of drug-likeness (QED) is 0.465. The number of hydrogen-bond acceptors (Lipinski definition) is 1. The van der Waals surface area contributed by atoms with Gasteiger partial charge in [0.15, 0.2) is 12.4 Å². The number of halogens is 2. The van der Waals surface area contributed by atoms with Crippen molar-refractivity contribution in [3.63, 3.8) is 0 Å². The second kappa shape index (κ2) is 7.03. The molecule has 0 aliphatic rings. The van der Waals surface area contributed by atoms with E-state index < -0.39 is 0 Å². The molecule has 5 heteroatoms. The third-order valence-corrected chi connectivity index (χ3v) is 3.02. The molecule has 0 aliphatic carbocycles. The summed E-state index contributed by atoms with van der Waals surface area (Å²) >= 11 is 2.23. The molecular weight excluding hydrogens is 454 g/mol. The number of rotatable bonds is 2. The average molecular weight is 466 g/mol. The fraction of sp³-hybridized carbons (Fsp3) is 0.0769. The Morgan fingerprint density at radius 1 is 1.22 bits per heavy atom. The van der Waals surface area contributed by atoms with Crippen LogP contribution in [-0.4, -0.2) is 5.91 Å². The van der Waals surface area contributed by atoms with Crippen LogP contribution in [0.1, 0.15) is 10.4 Å². The Hall–Kier alpha value is -0.700. The van der Waals surface area contributed by atoms with Crippen LogP contribution in [0.15, 0.2) is 48.8 Å². The maximum atomic E-state index is 11.9. The summed E-state index contributed by atoms with van der Waals surface area (Å²) in [6.45, 7) is 0. The fourth-order valence-corrected chi connectivity index (χ4v) is 1.82. The molecule has 1 amide bonds. The van der Waals surface area contributed by atoms with E-state index in [0.717, 1.165) is 9.26 Å². The summed E-state index contributed by atoms with van der Waals surface area (Å²) in [7, 11) is 1.89. The number of amides is 1. The van der Waals surface area contributed by atoms with E-state index in [4.69, 9.17) is 0 Å². The van der Waals surface area contributed by atoms with Crippen molar-refractivity contribution in [1.82, 2.24) is 0 Å². The van der Waals surface area contributed by atoms with E-state index in [-0.39, 0.29) is 29.9 Å². The summed E-state index contributed by atoms with van der Waals surface area (Å²) in [4.78, 5) is 11.9. The smallest absolute Gasteiger partial charge is 0.261 e. The maximum Gasteiger partial charge on any atom is 0.261 e. The van der Waals surface area contributed by atoms with Gasteiger partial charge in [-0.05, 0) is 52.9 Å². The molecule has 0 spiro atoms. The predicted molar refractivity (Wildman–Crippen MR) is 74.7 cm³/mol. The molecule has 0 saturated carbocycles. The molecule has 94 valence electrons. The number of carbonyl (C=O) groups is 1. The molecule has 0 bridgehead atoms. The normalized spacial score (nSPS) is 9.44. The standard InChI is InChI=1S/C13H11IN2O.HI/c1-16-8-2-3-10(9-16)13(17)15-12-6-4-11(14)5-7-12;/h2-9H,1H3;1H. The lowest BCUT2D eigenvalue weighted by molar-refractivity contribution is -0.671. The maximum absolute atomic E-state index is 11.9. The average Bonchev–Trinajstić information content (AvgIpc) is 2.32. The predicted octanol–water partition coefficient (Wildman–Crippen LogP) is -0.628. The third-order valence-electron chi connectivity index (χ3n) is 2.30. The minimum absolute atomic E-state index is 0. The minimum Gasteiger partial charge on any atom is -1.00 e. The highest BCUT2D eigenvalue weighted by Crippen LogP contribution is 2.12. The second-order valence-corrected chi connectivity index (χ2v) is 4.96. The van der Waals surface area contributed by atoms with Crippen molar-refractivity contribution in [2.45, 2.75) is 0 Å². The molecule has 1 heterocycles. The van der Waals surface area contributed by atoms with E-state index in [1.807, 2.05) is 48.1 Å². The van der Waals surface area contributed by atoms with E-state index in [1.54, 1.807) is 12.3 Å². The Kier molecular flexibility index (Phi) is 6.00. The Labute approximate surface area is 137 Å². The molecule has 3 nitrogen and oxygen atoms in total. The van der Waals surface area contributed by atoms with Crippen molar-refractivity contribution < 1.29 is 33.3 Å². The lowest BCUT2D eigenvalue weighted by atomic mass is 10.2. The van der Waals surface area contributed by atoms with Gasteiger partial charge in [-0.2, -0.15) is 0 Å². The summed E-state index contributed by atoms with van der Waals surface area (Å²) in [5.41, 5.74) is 1.45. The first-order valence-electron chi connectivity index (χ1n) is 5.17. The summed E-state index contributed by atoms with van der Waals surface area (Å²) < 4.78 is 3.00. The highest BCUT2D eigenvalue weighted by atomic mass is 127. The molecule has 1 N–H and O–H groups in total. The Balaban J connectivity index is 0.00000162.